The first-order valence-electron chi connectivity index (χ1n) is 2.91. The lowest BCUT2D eigenvalue weighted by Crippen LogP contribution is -2.36. The van der Waals surface area contributed by atoms with E-state index in [2.05, 4.69) is 4.98 Å². The molecule has 6 heteroatoms. The zero-order valence-electron chi connectivity index (χ0n) is 5.47. The first-order chi connectivity index (χ1) is 5.02. The van der Waals surface area contributed by atoms with Crippen molar-refractivity contribution in [3.8, 4) is 0 Å². The predicted octanol–water partition coefficient (Wildman–Crippen LogP) is 0.718. The van der Waals surface area contributed by atoms with Crippen molar-refractivity contribution in [2.45, 2.75) is 0 Å². The lowest BCUT2D eigenvalue weighted by molar-refractivity contribution is 0.501. The molecule has 1 aromatic heterocycles. The van der Waals surface area contributed by atoms with Crippen LogP contribution in [0.4, 0.5) is 18.6 Å². The summed E-state index contributed by atoms with van der Waals surface area (Å²) in [5.41, 5.74) is 3.94. The third-order valence-electron chi connectivity index (χ3n) is 1.24. The van der Waals surface area contributed by atoms with E-state index in [-0.39, 0.29) is 5.69 Å². The smallest absolute Gasteiger partial charge is 0.445 e. The van der Waals surface area contributed by atoms with Gasteiger partial charge in [0, 0.05) is 18.1 Å². The highest BCUT2D eigenvalue weighted by atomic mass is 19.4. The Morgan fingerprint density at radius 1 is 1.36 bits per heavy atom. The summed E-state index contributed by atoms with van der Waals surface area (Å²) in [6, 6.07) is 0.870. The minimum atomic E-state index is -4.99. The van der Waals surface area contributed by atoms with E-state index in [9.17, 15) is 12.9 Å². The van der Waals surface area contributed by atoms with Crippen molar-refractivity contribution < 1.29 is 12.9 Å². The lowest BCUT2D eigenvalue weighted by atomic mass is 9.80. The molecule has 0 fully saturated rings. The molecule has 0 aliphatic carbocycles. The fourth-order valence-electron chi connectivity index (χ4n) is 0.716. The van der Waals surface area contributed by atoms with Crippen molar-refractivity contribution in [1.82, 2.24) is 4.98 Å². The summed E-state index contributed by atoms with van der Waals surface area (Å²) in [6.07, 6.45) is 2.06. The second-order valence-electron chi connectivity index (χ2n) is 2.08. The van der Waals surface area contributed by atoms with E-state index in [0.29, 0.717) is 0 Å². The molecule has 11 heavy (non-hydrogen) atoms. The van der Waals surface area contributed by atoms with Gasteiger partial charge in [-0.2, -0.15) is 0 Å². The molecule has 0 atom stereocenters. The number of rotatable bonds is 1. The molecular weight excluding hydrogens is 156 g/mol. The van der Waals surface area contributed by atoms with Gasteiger partial charge in [0.15, 0.2) is 0 Å². The van der Waals surface area contributed by atoms with Gasteiger partial charge in [-0.25, -0.2) is 0 Å². The third-order valence-corrected chi connectivity index (χ3v) is 1.24. The van der Waals surface area contributed by atoms with Crippen molar-refractivity contribution in [2.24, 2.45) is 0 Å². The highest BCUT2D eigenvalue weighted by Gasteiger charge is 2.27. The molecule has 0 saturated carbocycles. The van der Waals surface area contributed by atoms with E-state index in [1.807, 2.05) is 0 Å². The maximum absolute atomic E-state index is 12.0. The SMILES string of the molecule is Nc1cnccc1[B-](F)(F)F. The van der Waals surface area contributed by atoms with Crippen molar-refractivity contribution in [1.29, 1.82) is 0 Å². The number of aromatic nitrogens is 1. The summed E-state index contributed by atoms with van der Waals surface area (Å²) >= 11 is 0. The van der Waals surface area contributed by atoms with Gasteiger partial charge in [-0.3, -0.25) is 4.98 Å². The average molecular weight is 161 g/mol. The summed E-state index contributed by atoms with van der Waals surface area (Å²) in [5, 5.41) is 0. The number of hydrogen-bond donors (Lipinski definition) is 1. The highest BCUT2D eigenvalue weighted by molar-refractivity contribution is 6.74. The first-order valence-corrected chi connectivity index (χ1v) is 2.91. The third kappa shape index (κ3) is 1.63. The van der Waals surface area contributed by atoms with Crippen molar-refractivity contribution in [2.75, 3.05) is 5.73 Å². The van der Waals surface area contributed by atoms with Gasteiger partial charge >= 0.3 is 6.98 Å². The molecule has 0 unspecified atom stereocenters. The van der Waals surface area contributed by atoms with E-state index >= 15 is 0 Å². The Morgan fingerprint density at radius 3 is 2.36 bits per heavy atom. The summed E-state index contributed by atoms with van der Waals surface area (Å²) in [5.74, 6) is 0. The van der Waals surface area contributed by atoms with Crippen LogP contribution in [0.2, 0.25) is 0 Å². The van der Waals surface area contributed by atoms with Gasteiger partial charge in [0.1, 0.15) is 0 Å². The van der Waals surface area contributed by atoms with E-state index in [4.69, 9.17) is 5.73 Å². The maximum atomic E-state index is 12.0. The molecular formula is C5H5BF3N2-. The summed E-state index contributed by atoms with van der Waals surface area (Å²) < 4.78 is 36.0. The van der Waals surface area contributed by atoms with Crippen LogP contribution >= 0.6 is 0 Å². The van der Waals surface area contributed by atoms with E-state index in [0.717, 1.165) is 18.5 Å². The number of nitrogens with two attached hydrogens (primary N) is 1. The number of pyridine rings is 1. The minimum Gasteiger partial charge on any atom is -0.445 e. The molecule has 0 spiro atoms. The summed E-state index contributed by atoms with van der Waals surface area (Å²) in [6.45, 7) is -4.99. The van der Waals surface area contributed by atoms with Gasteiger partial charge in [-0.1, -0.05) is 11.5 Å². The fraction of sp³-hybridized carbons (Fsp3) is 0. The number of hydrogen-bond acceptors (Lipinski definition) is 2. The second-order valence-corrected chi connectivity index (χ2v) is 2.08. The standard InChI is InChI=1S/C5H5BF3N2/c7-6(8,9)4-1-2-11-3-5(4)10/h1-3H,10H2/q-1. The zero-order chi connectivity index (χ0) is 8.48. The van der Waals surface area contributed by atoms with Crippen LogP contribution in [-0.2, 0) is 0 Å². The lowest BCUT2D eigenvalue weighted by Gasteiger charge is -2.15. The van der Waals surface area contributed by atoms with Gasteiger partial charge in [-0.15, -0.1) is 0 Å². The Labute approximate surface area is 61.3 Å². The minimum absolute atomic E-state index is 0.319. The van der Waals surface area contributed by atoms with Crippen LogP contribution in [0, 0.1) is 0 Å². The Balaban J connectivity index is 3.14. The van der Waals surface area contributed by atoms with Gasteiger partial charge in [0.25, 0.3) is 0 Å². The Hall–Kier alpha value is -1.20. The van der Waals surface area contributed by atoms with Crippen LogP contribution < -0.4 is 11.2 Å². The molecule has 0 aliphatic rings. The highest BCUT2D eigenvalue weighted by Crippen LogP contribution is 2.11. The Kier molecular flexibility index (Phi) is 1.76. The maximum Gasteiger partial charge on any atom is 0.511 e. The molecule has 1 heterocycles. The van der Waals surface area contributed by atoms with Crippen molar-refractivity contribution in [3.05, 3.63) is 18.5 Å². The molecule has 0 amide bonds. The van der Waals surface area contributed by atoms with Crippen molar-refractivity contribution >= 4 is 18.1 Å². The number of halogens is 3. The molecule has 0 bridgehead atoms. The molecule has 0 aliphatic heterocycles. The molecule has 1 rings (SSSR count). The Bertz CT molecular complexity index is 260. The summed E-state index contributed by atoms with van der Waals surface area (Å²) in [4.78, 5) is 3.44. The van der Waals surface area contributed by atoms with Crippen LogP contribution in [0.3, 0.4) is 0 Å². The van der Waals surface area contributed by atoms with Crippen LogP contribution in [0.1, 0.15) is 0 Å². The molecule has 1 aromatic rings. The van der Waals surface area contributed by atoms with Gasteiger partial charge < -0.3 is 18.7 Å². The first kappa shape index (κ1) is 7.91. The van der Waals surface area contributed by atoms with E-state index < -0.39 is 12.4 Å². The fourth-order valence-corrected chi connectivity index (χ4v) is 0.716. The van der Waals surface area contributed by atoms with Gasteiger partial charge in [-0.05, 0) is 0 Å². The average Bonchev–Trinajstić information content (AvgIpc) is 1.86. The van der Waals surface area contributed by atoms with Crippen molar-refractivity contribution in [3.63, 3.8) is 0 Å². The van der Waals surface area contributed by atoms with Crippen LogP contribution in [-0.4, -0.2) is 12.0 Å². The van der Waals surface area contributed by atoms with Crippen LogP contribution in [0.5, 0.6) is 0 Å². The molecule has 2 nitrogen and oxygen atoms in total. The zero-order valence-corrected chi connectivity index (χ0v) is 5.47. The van der Waals surface area contributed by atoms with Crippen LogP contribution in [0.25, 0.3) is 0 Å². The second kappa shape index (κ2) is 2.45. The van der Waals surface area contributed by atoms with Gasteiger partial charge in [0.2, 0.25) is 0 Å². The van der Waals surface area contributed by atoms with Gasteiger partial charge in [0.05, 0.1) is 0 Å². The quantitative estimate of drug-likeness (QED) is 0.616. The molecule has 0 saturated heterocycles. The van der Waals surface area contributed by atoms with E-state index in [1.165, 1.54) is 0 Å². The number of nitrogen functional groups attached to an aromatic ring is 1. The number of anilines is 1. The molecule has 2 N–H and O–H groups in total. The molecule has 0 aromatic carbocycles. The largest absolute Gasteiger partial charge is 0.511 e. The molecule has 60 valence electrons. The Morgan fingerprint density at radius 2 is 2.00 bits per heavy atom. The monoisotopic (exact) mass is 161 g/mol. The molecule has 0 radical (unpaired) electrons. The normalized spacial score (nSPS) is 11.5. The topological polar surface area (TPSA) is 38.9 Å². The predicted molar refractivity (Wildman–Crippen MR) is 37.4 cm³/mol. The van der Waals surface area contributed by atoms with Crippen LogP contribution in [0.15, 0.2) is 18.5 Å². The van der Waals surface area contributed by atoms with E-state index in [1.54, 1.807) is 0 Å². The summed E-state index contributed by atoms with van der Waals surface area (Å²) in [7, 11) is 0. The number of nitrogens with zero attached hydrogens (tertiary/aromatic N) is 1.